The molecule has 18 heavy (non-hydrogen) atoms. The maximum absolute atomic E-state index is 11.2. The number of carbonyl (C=O) groups excluding carboxylic acids is 1. The average molecular weight is 252 g/mol. The molecule has 0 aliphatic rings. The van der Waals surface area contributed by atoms with E-state index in [4.69, 9.17) is 9.84 Å². The van der Waals surface area contributed by atoms with Crippen molar-refractivity contribution < 1.29 is 14.6 Å². The second-order valence-electron chi connectivity index (χ2n) is 4.04. The van der Waals surface area contributed by atoms with Crippen molar-refractivity contribution in [2.24, 2.45) is 0 Å². The molecule has 0 aliphatic carbocycles. The van der Waals surface area contributed by atoms with Crippen LogP contribution in [0.15, 0.2) is 18.2 Å². The lowest BCUT2D eigenvalue weighted by atomic mass is 10.1. The van der Waals surface area contributed by atoms with Crippen LogP contribution in [0.1, 0.15) is 17.5 Å². The minimum atomic E-state index is -0.299. The number of carbonyl (C=O) groups is 1. The van der Waals surface area contributed by atoms with Gasteiger partial charge in [0.05, 0.1) is 0 Å². The molecule has 0 unspecified atom stereocenters. The summed E-state index contributed by atoms with van der Waals surface area (Å²) in [6.07, 6.45) is 0.547. The highest BCUT2D eigenvalue weighted by Gasteiger charge is 2.00. The molecule has 2 amide bonds. The van der Waals surface area contributed by atoms with Crippen LogP contribution >= 0.6 is 0 Å². The second-order valence-corrected chi connectivity index (χ2v) is 4.04. The lowest BCUT2D eigenvalue weighted by Gasteiger charge is -2.10. The van der Waals surface area contributed by atoms with Crippen molar-refractivity contribution in [3.8, 4) is 5.75 Å². The lowest BCUT2D eigenvalue weighted by Crippen LogP contribution is -2.38. The molecule has 0 aliphatic heterocycles. The fraction of sp³-hybridized carbons (Fsp3) is 0.462. The van der Waals surface area contributed by atoms with Crippen molar-refractivity contribution in [3.05, 3.63) is 29.3 Å². The first-order valence-electron chi connectivity index (χ1n) is 5.96. The SMILES string of the molecule is Cc1ccc(OCNC(=O)NCCCO)cc1C. The quantitative estimate of drug-likeness (QED) is 0.528. The van der Waals surface area contributed by atoms with Crippen LogP contribution in [0.4, 0.5) is 4.79 Å². The first kappa shape index (κ1) is 14.3. The molecule has 0 saturated heterocycles. The minimum absolute atomic E-state index is 0.0689. The molecule has 100 valence electrons. The first-order chi connectivity index (χ1) is 8.63. The zero-order valence-corrected chi connectivity index (χ0v) is 10.8. The minimum Gasteiger partial charge on any atom is -0.473 e. The van der Waals surface area contributed by atoms with Crippen LogP contribution in [0.2, 0.25) is 0 Å². The van der Waals surface area contributed by atoms with Gasteiger partial charge in [-0.25, -0.2) is 4.79 Å². The summed E-state index contributed by atoms with van der Waals surface area (Å²) in [5, 5.41) is 13.7. The number of ether oxygens (including phenoxy) is 1. The van der Waals surface area contributed by atoms with Gasteiger partial charge in [0.15, 0.2) is 6.73 Å². The number of hydrogen-bond donors (Lipinski definition) is 3. The van der Waals surface area contributed by atoms with Crippen molar-refractivity contribution in [1.29, 1.82) is 0 Å². The normalized spacial score (nSPS) is 9.94. The molecule has 0 atom stereocenters. The van der Waals surface area contributed by atoms with Gasteiger partial charge in [0.2, 0.25) is 0 Å². The zero-order valence-electron chi connectivity index (χ0n) is 10.8. The topological polar surface area (TPSA) is 70.6 Å². The third-order valence-corrected chi connectivity index (χ3v) is 2.57. The molecule has 1 aromatic carbocycles. The molecule has 0 heterocycles. The number of aliphatic hydroxyl groups is 1. The number of amides is 2. The van der Waals surface area contributed by atoms with Gasteiger partial charge in [-0.15, -0.1) is 0 Å². The fourth-order valence-electron chi connectivity index (χ4n) is 1.33. The second kappa shape index (κ2) is 7.55. The summed E-state index contributed by atoms with van der Waals surface area (Å²) in [7, 11) is 0. The average Bonchev–Trinajstić information content (AvgIpc) is 2.34. The van der Waals surface area contributed by atoms with Crippen LogP contribution in [0.3, 0.4) is 0 Å². The Balaban J connectivity index is 2.24. The Labute approximate surface area is 107 Å². The number of aryl methyl sites for hydroxylation is 2. The van der Waals surface area contributed by atoms with Gasteiger partial charge in [0.1, 0.15) is 5.75 Å². The zero-order chi connectivity index (χ0) is 13.4. The van der Waals surface area contributed by atoms with Crippen molar-refractivity contribution in [2.45, 2.75) is 20.3 Å². The van der Waals surface area contributed by atoms with E-state index in [0.29, 0.717) is 13.0 Å². The molecule has 5 nitrogen and oxygen atoms in total. The molecular weight excluding hydrogens is 232 g/mol. The Kier molecular flexibility index (Phi) is 6.00. The third kappa shape index (κ3) is 5.05. The van der Waals surface area contributed by atoms with Crippen molar-refractivity contribution in [1.82, 2.24) is 10.6 Å². The van der Waals surface area contributed by atoms with Crippen LogP contribution < -0.4 is 15.4 Å². The van der Waals surface area contributed by atoms with Gasteiger partial charge >= 0.3 is 6.03 Å². The molecule has 0 fully saturated rings. The van der Waals surface area contributed by atoms with E-state index >= 15 is 0 Å². The first-order valence-corrected chi connectivity index (χ1v) is 5.96. The molecule has 0 radical (unpaired) electrons. The third-order valence-electron chi connectivity index (χ3n) is 2.57. The summed E-state index contributed by atoms with van der Waals surface area (Å²) >= 11 is 0. The van der Waals surface area contributed by atoms with E-state index in [0.717, 1.165) is 11.3 Å². The highest BCUT2D eigenvalue weighted by Crippen LogP contribution is 2.15. The van der Waals surface area contributed by atoms with Crippen molar-refractivity contribution in [2.75, 3.05) is 19.9 Å². The van der Waals surface area contributed by atoms with Crippen LogP contribution in [0.25, 0.3) is 0 Å². The number of urea groups is 1. The van der Waals surface area contributed by atoms with E-state index in [1.165, 1.54) is 5.56 Å². The Hall–Kier alpha value is -1.75. The lowest BCUT2D eigenvalue weighted by molar-refractivity contribution is 0.222. The predicted octanol–water partition coefficient (Wildman–Crippen LogP) is 1.32. The molecule has 1 aromatic rings. The van der Waals surface area contributed by atoms with E-state index in [9.17, 15) is 4.79 Å². The number of benzene rings is 1. The smallest absolute Gasteiger partial charge is 0.317 e. The van der Waals surface area contributed by atoms with Gasteiger partial charge in [-0.2, -0.15) is 0 Å². The molecular formula is C13H20N2O3. The Morgan fingerprint density at radius 1 is 1.28 bits per heavy atom. The summed E-state index contributed by atoms with van der Waals surface area (Å²) in [5.41, 5.74) is 2.36. The fourth-order valence-corrected chi connectivity index (χ4v) is 1.33. The van der Waals surface area contributed by atoms with Crippen LogP contribution in [-0.2, 0) is 0 Å². The molecule has 0 bridgehead atoms. The predicted molar refractivity (Wildman–Crippen MR) is 69.6 cm³/mol. The van der Waals surface area contributed by atoms with Crippen molar-refractivity contribution in [3.63, 3.8) is 0 Å². The molecule has 5 heteroatoms. The van der Waals surface area contributed by atoms with E-state index in [1.807, 2.05) is 32.0 Å². The molecule has 0 aromatic heterocycles. The summed E-state index contributed by atoms with van der Waals surface area (Å²) in [5.74, 6) is 0.730. The molecule has 0 saturated carbocycles. The van der Waals surface area contributed by atoms with Gasteiger partial charge < -0.3 is 20.5 Å². The van der Waals surface area contributed by atoms with E-state index in [2.05, 4.69) is 10.6 Å². The Morgan fingerprint density at radius 2 is 2.06 bits per heavy atom. The summed E-state index contributed by atoms with van der Waals surface area (Å²) < 4.78 is 5.40. The molecule has 0 spiro atoms. The molecule has 3 N–H and O–H groups in total. The number of hydrogen-bond acceptors (Lipinski definition) is 3. The van der Waals surface area contributed by atoms with Gasteiger partial charge in [0, 0.05) is 13.2 Å². The van der Waals surface area contributed by atoms with Gasteiger partial charge in [-0.3, -0.25) is 0 Å². The van der Waals surface area contributed by atoms with E-state index in [1.54, 1.807) is 0 Å². The number of nitrogens with one attached hydrogen (secondary N) is 2. The Morgan fingerprint density at radius 3 is 2.72 bits per heavy atom. The van der Waals surface area contributed by atoms with Crippen LogP contribution in [0.5, 0.6) is 5.75 Å². The Bertz CT molecular complexity index is 394. The van der Waals surface area contributed by atoms with E-state index < -0.39 is 0 Å². The largest absolute Gasteiger partial charge is 0.473 e. The van der Waals surface area contributed by atoms with Crippen molar-refractivity contribution >= 4 is 6.03 Å². The number of rotatable bonds is 6. The van der Waals surface area contributed by atoms with Gasteiger partial charge in [-0.05, 0) is 43.5 Å². The van der Waals surface area contributed by atoms with Gasteiger partial charge in [0.25, 0.3) is 0 Å². The monoisotopic (exact) mass is 252 g/mol. The maximum atomic E-state index is 11.2. The highest BCUT2D eigenvalue weighted by molar-refractivity contribution is 5.73. The van der Waals surface area contributed by atoms with Crippen LogP contribution in [-0.4, -0.2) is 31.0 Å². The number of aliphatic hydroxyl groups excluding tert-OH is 1. The maximum Gasteiger partial charge on any atom is 0.317 e. The standard InChI is InChI=1S/C13H20N2O3/c1-10-4-5-12(8-11(10)2)18-9-15-13(17)14-6-3-7-16/h4-5,8,16H,3,6-7,9H2,1-2H3,(H2,14,15,17). The highest BCUT2D eigenvalue weighted by atomic mass is 16.5. The van der Waals surface area contributed by atoms with E-state index in [-0.39, 0.29) is 19.4 Å². The summed E-state index contributed by atoms with van der Waals surface area (Å²) in [6.45, 7) is 4.68. The summed E-state index contributed by atoms with van der Waals surface area (Å²) in [6, 6.07) is 5.48. The summed E-state index contributed by atoms with van der Waals surface area (Å²) in [4.78, 5) is 11.2. The van der Waals surface area contributed by atoms with Crippen LogP contribution in [0, 0.1) is 13.8 Å². The molecule has 1 rings (SSSR count). The van der Waals surface area contributed by atoms with Gasteiger partial charge in [-0.1, -0.05) is 6.07 Å².